The van der Waals surface area contributed by atoms with Gasteiger partial charge in [-0.2, -0.15) is 0 Å². The van der Waals surface area contributed by atoms with Crippen LogP contribution in [0.2, 0.25) is 0 Å². The number of carbonyl (C=O) groups excluding carboxylic acids is 1. The van der Waals surface area contributed by atoms with Gasteiger partial charge in [-0.15, -0.1) is 0 Å². The van der Waals surface area contributed by atoms with Crippen LogP contribution in [0, 0.1) is 11.6 Å². The molecule has 0 amide bonds. The summed E-state index contributed by atoms with van der Waals surface area (Å²) >= 11 is 0. The maximum atomic E-state index is 13.1. The van der Waals surface area contributed by atoms with E-state index in [1.54, 1.807) is 12.1 Å². The van der Waals surface area contributed by atoms with E-state index in [-0.39, 0.29) is 29.6 Å². The molecule has 1 aromatic heterocycles. The zero-order valence-corrected chi connectivity index (χ0v) is 10.4. The summed E-state index contributed by atoms with van der Waals surface area (Å²) in [6, 6.07) is 11.3. The summed E-state index contributed by atoms with van der Waals surface area (Å²) in [5.41, 5.74) is 1.16. The van der Waals surface area contributed by atoms with Gasteiger partial charge in [0.2, 0.25) is 5.78 Å². The second-order valence-electron chi connectivity index (χ2n) is 4.52. The first-order valence-corrected chi connectivity index (χ1v) is 6.08. The van der Waals surface area contributed by atoms with Crippen molar-refractivity contribution in [3.05, 3.63) is 71.5 Å². The van der Waals surface area contributed by atoms with E-state index in [2.05, 4.69) is 0 Å². The fraction of sp³-hybridized carbons (Fsp3) is 0.0625. The lowest BCUT2D eigenvalue weighted by Crippen LogP contribution is -2.01. The third kappa shape index (κ3) is 2.45. The minimum atomic E-state index is -0.379. The number of Topliss-reactive ketones (excluding diaryl/α,β-unsaturated/α-hetero) is 1. The third-order valence-corrected chi connectivity index (χ3v) is 3.03. The fourth-order valence-corrected chi connectivity index (χ4v) is 2.03. The molecule has 0 spiro atoms. The predicted octanol–water partition coefficient (Wildman–Crippen LogP) is 4.14. The van der Waals surface area contributed by atoms with Crippen LogP contribution in [0.15, 0.2) is 52.9 Å². The Balaban J connectivity index is 1.86. The Labute approximate surface area is 113 Å². The summed E-state index contributed by atoms with van der Waals surface area (Å²) < 4.78 is 31.2. The van der Waals surface area contributed by atoms with E-state index in [4.69, 9.17) is 4.42 Å². The molecular formula is C16H10F2O2. The number of ketones is 1. The predicted molar refractivity (Wildman–Crippen MR) is 70.6 cm³/mol. The Hall–Kier alpha value is -2.49. The molecule has 0 saturated heterocycles. The maximum absolute atomic E-state index is 13.1. The first kappa shape index (κ1) is 12.5. The van der Waals surface area contributed by atoms with Crippen LogP contribution < -0.4 is 0 Å². The van der Waals surface area contributed by atoms with Crippen LogP contribution in [0.25, 0.3) is 11.0 Å². The summed E-state index contributed by atoms with van der Waals surface area (Å²) in [7, 11) is 0. The molecule has 0 radical (unpaired) electrons. The van der Waals surface area contributed by atoms with Gasteiger partial charge < -0.3 is 4.42 Å². The maximum Gasteiger partial charge on any atom is 0.202 e. The average Bonchev–Trinajstić information content (AvgIpc) is 2.84. The number of hydrogen-bond donors (Lipinski definition) is 0. The van der Waals surface area contributed by atoms with Crippen LogP contribution in [-0.2, 0) is 6.42 Å². The van der Waals surface area contributed by atoms with Crippen molar-refractivity contribution in [3.63, 3.8) is 0 Å². The van der Waals surface area contributed by atoms with Gasteiger partial charge in [0, 0.05) is 11.8 Å². The van der Waals surface area contributed by atoms with Crippen LogP contribution in [0.1, 0.15) is 16.1 Å². The summed E-state index contributed by atoms with van der Waals surface area (Å²) in [5, 5.41) is 0.549. The molecule has 0 aliphatic rings. The molecule has 2 aromatic carbocycles. The van der Waals surface area contributed by atoms with Crippen molar-refractivity contribution in [1.82, 2.24) is 0 Å². The highest BCUT2D eigenvalue weighted by Gasteiger charge is 2.13. The monoisotopic (exact) mass is 272 g/mol. The lowest BCUT2D eigenvalue weighted by molar-refractivity contribution is 0.0968. The van der Waals surface area contributed by atoms with Gasteiger partial charge in [-0.05, 0) is 42.0 Å². The number of rotatable bonds is 3. The molecule has 20 heavy (non-hydrogen) atoms. The van der Waals surface area contributed by atoms with Gasteiger partial charge >= 0.3 is 0 Å². The number of halogens is 2. The molecule has 0 saturated carbocycles. The fourth-order valence-electron chi connectivity index (χ4n) is 2.03. The minimum absolute atomic E-state index is 0.114. The molecule has 1 heterocycles. The van der Waals surface area contributed by atoms with Crippen molar-refractivity contribution in [2.24, 2.45) is 0 Å². The Bertz CT molecular complexity index is 773. The normalized spacial score (nSPS) is 10.9. The molecule has 3 rings (SSSR count). The van der Waals surface area contributed by atoms with Crippen molar-refractivity contribution in [1.29, 1.82) is 0 Å². The summed E-state index contributed by atoms with van der Waals surface area (Å²) in [6.07, 6.45) is 0.114. The molecule has 2 nitrogen and oxygen atoms in total. The lowest BCUT2D eigenvalue weighted by Gasteiger charge is -1.98. The molecule has 0 aliphatic carbocycles. The standard InChI is InChI=1S/C16H10F2O2/c17-12-3-1-10(2-4-12)7-14(19)16-9-11-8-13(18)5-6-15(11)20-16/h1-6,8-9H,7H2. The van der Waals surface area contributed by atoms with Crippen LogP contribution in [0.3, 0.4) is 0 Å². The number of benzene rings is 2. The van der Waals surface area contributed by atoms with E-state index in [1.165, 1.54) is 36.4 Å². The first-order chi connectivity index (χ1) is 9.61. The van der Waals surface area contributed by atoms with E-state index in [0.29, 0.717) is 16.5 Å². The zero-order chi connectivity index (χ0) is 14.1. The van der Waals surface area contributed by atoms with E-state index in [0.717, 1.165) is 0 Å². The number of furan rings is 1. The highest BCUT2D eigenvalue weighted by Crippen LogP contribution is 2.21. The largest absolute Gasteiger partial charge is 0.453 e. The molecule has 0 aliphatic heterocycles. The smallest absolute Gasteiger partial charge is 0.202 e. The van der Waals surface area contributed by atoms with Gasteiger partial charge in [0.25, 0.3) is 0 Å². The third-order valence-electron chi connectivity index (χ3n) is 3.03. The number of hydrogen-bond acceptors (Lipinski definition) is 2. The van der Waals surface area contributed by atoms with Gasteiger partial charge in [0.05, 0.1) is 0 Å². The zero-order valence-electron chi connectivity index (χ0n) is 10.4. The average molecular weight is 272 g/mol. The van der Waals surface area contributed by atoms with Gasteiger partial charge in [0.15, 0.2) is 5.76 Å². The summed E-state index contributed by atoms with van der Waals surface area (Å²) in [4.78, 5) is 12.1. The van der Waals surface area contributed by atoms with Gasteiger partial charge in [-0.25, -0.2) is 8.78 Å². The quantitative estimate of drug-likeness (QED) is 0.671. The molecule has 4 heteroatoms. The van der Waals surface area contributed by atoms with Crippen molar-refractivity contribution >= 4 is 16.8 Å². The summed E-state index contributed by atoms with van der Waals surface area (Å²) in [5.74, 6) is -0.778. The van der Waals surface area contributed by atoms with E-state index < -0.39 is 0 Å². The Morgan fingerprint density at radius 1 is 0.950 bits per heavy atom. The molecule has 100 valence electrons. The van der Waals surface area contributed by atoms with Crippen molar-refractivity contribution < 1.29 is 18.0 Å². The van der Waals surface area contributed by atoms with E-state index >= 15 is 0 Å². The van der Waals surface area contributed by atoms with Gasteiger partial charge in [-0.1, -0.05) is 12.1 Å². The first-order valence-electron chi connectivity index (χ1n) is 6.08. The van der Waals surface area contributed by atoms with E-state index in [9.17, 15) is 13.6 Å². The van der Waals surface area contributed by atoms with Crippen LogP contribution in [0.5, 0.6) is 0 Å². The Kier molecular flexibility index (Phi) is 3.06. The molecule has 0 unspecified atom stereocenters. The SMILES string of the molecule is O=C(Cc1ccc(F)cc1)c1cc2cc(F)ccc2o1. The van der Waals surface area contributed by atoms with Gasteiger partial charge in [0.1, 0.15) is 17.2 Å². The lowest BCUT2D eigenvalue weighted by atomic mass is 10.1. The molecule has 0 atom stereocenters. The number of fused-ring (bicyclic) bond motifs is 1. The molecule has 3 aromatic rings. The van der Waals surface area contributed by atoms with E-state index in [1.807, 2.05) is 0 Å². The van der Waals surface area contributed by atoms with Crippen LogP contribution >= 0.6 is 0 Å². The topological polar surface area (TPSA) is 30.2 Å². The molecule has 0 fully saturated rings. The minimum Gasteiger partial charge on any atom is -0.453 e. The molecule has 0 N–H and O–H groups in total. The Morgan fingerprint density at radius 3 is 2.40 bits per heavy atom. The highest BCUT2D eigenvalue weighted by atomic mass is 19.1. The highest BCUT2D eigenvalue weighted by molar-refractivity contribution is 5.98. The van der Waals surface area contributed by atoms with Crippen molar-refractivity contribution in [3.8, 4) is 0 Å². The second kappa shape index (κ2) is 4.89. The molecule has 0 bridgehead atoms. The van der Waals surface area contributed by atoms with Crippen molar-refractivity contribution in [2.45, 2.75) is 6.42 Å². The van der Waals surface area contributed by atoms with Crippen LogP contribution in [-0.4, -0.2) is 5.78 Å². The Morgan fingerprint density at radius 2 is 1.65 bits per heavy atom. The molecular weight excluding hydrogens is 262 g/mol. The van der Waals surface area contributed by atoms with Crippen molar-refractivity contribution in [2.75, 3.05) is 0 Å². The van der Waals surface area contributed by atoms with Crippen LogP contribution in [0.4, 0.5) is 8.78 Å². The van der Waals surface area contributed by atoms with Gasteiger partial charge in [-0.3, -0.25) is 4.79 Å². The second-order valence-corrected chi connectivity index (χ2v) is 4.52. The summed E-state index contributed by atoms with van der Waals surface area (Å²) in [6.45, 7) is 0. The number of carbonyl (C=O) groups is 1.